The molecule has 7 nitrogen and oxygen atoms in total. The van der Waals surface area contributed by atoms with Crippen molar-refractivity contribution in [2.24, 2.45) is 0 Å². The zero-order valence-electron chi connectivity index (χ0n) is 6.75. The lowest BCUT2D eigenvalue weighted by Gasteiger charge is -2.00. The maximum atomic E-state index is 10.4. The van der Waals surface area contributed by atoms with Crippen LogP contribution in [0.3, 0.4) is 0 Å². The third-order valence-electron chi connectivity index (χ3n) is 1.26. The van der Waals surface area contributed by atoms with Crippen LogP contribution in [0.25, 0.3) is 0 Å². The van der Waals surface area contributed by atoms with E-state index in [4.69, 9.17) is 5.11 Å². The minimum atomic E-state index is -1.68. The first-order valence-corrected chi connectivity index (χ1v) is 3.42. The number of hydrogen-bond acceptors (Lipinski definition) is 5. The lowest BCUT2D eigenvalue weighted by molar-refractivity contribution is -0.387. The molecular formula is C7H5NO6. The summed E-state index contributed by atoms with van der Waals surface area (Å²) in [5.41, 5.74) is -0.367. The van der Waals surface area contributed by atoms with E-state index in [-0.39, 0.29) is 11.4 Å². The van der Waals surface area contributed by atoms with Gasteiger partial charge in [0.25, 0.3) is 5.75 Å². The summed E-state index contributed by atoms with van der Waals surface area (Å²) in [6.45, 7) is 0. The average molecular weight is 199 g/mol. The van der Waals surface area contributed by atoms with Gasteiger partial charge in [0.05, 0.1) is 4.92 Å². The molecule has 1 aromatic rings. The molecule has 7 heteroatoms. The Morgan fingerprint density at radius 1 is 1.43 bits per heavy atom. The number of carbonyl (C=O) groups is 1. The highest BCUT2D eigenvalue weighted by molar-refractivity contribution is 5.56. The molecule has 0 aromatic heterocycles. The first-order chi connectivity index (χ1) is 6.61. The minimum Gasteiger partial charge on any atom is -0.447 e. The molecule has 0 spiro atoms. The van der Waals surface area contributed by atoms with E-state index in [0.717, 1.165) is 0 Å². The summed E-state index contributed by atoms with van der Waals surface area (Å²) in [6.07, 6.45) is -1.68. The van der Waals surface area contributed by atoms with Gasteiger partial charge in [-0.15, -0.1) is 0 Å². The van der Waals surface area contributed by atoms with Crippen LogP contribution < -0.4 is 4.89 Å². The van der Waals surface area contributed by atoms with Gasteiger partial charge in [-0.05, 0) is 6.07 Å². The number of para-hydroxylation sites is 2. The van der Waals surface area contributed by atoms with Crippen molar-refractivity contribution in [2.45, 2.75) is 0 Å². The highest BCUT2D eigenvalue weighted by atomic mass is 17.2. The minimum absolute atomic E-state index is 0.264. The normalized spacial score (nSPS) is 9.14. The largest absolute Gasteiger partial charge is 0.547 e. The predicted molar refractivity (Wildman–Crippen MR) is 42.8 cm³/mol. The second-order valence-electron chi connectivity index (χ2n) is 2.16. The predicted octanol–water partition coefficient (Wildman–Crippen LogP) is 1.58. The van der Waals surface area contributed by atoms with Crippen molar-refractivity contribution in [2.75, 3.05) is 0 Å². The van der Waals surface area contributed by atoms with E-state index < -0.39 is 11.1 Å². The Bertz CT molecular complexity index is 363. The molecule has 0 radical (unpaired) electrons. The number of carboxylic acid groups (broad SMARTS) is 1. The van der Waals surface area contributed by atoms with Gasteiger partial charge in [-0.2, -0.15) is 0 Å². The first kappa shape index (κ1) is 9.78. The van der Waals surface area contributed by atoms with Crippen LogP contribution in [0.15, 0.2) is 24.3 Å². The van der Waals surface area contributed by atoms with Crippen LogP contribution >= 0.6 is 0 Å². The van der Waals surface area contributed by atoms with E-state index in [1.54, 1.807) is 0 Å². The first-order valence-electron chi connectivity index (χ1n) is 3.42. The molecule has 0 saturated carbocycles. The maximum absolute atomic E-state index is 10.4. The van der Waals surface area contributed by atoms with Gasteiger partial charge >= 0.3 is 11.8 Å². The molecule has 0 amide bonds. The average Bonchev–Trinajstić information content (AvgIpc) is 2.15. The number of rotatable bonds is 3. The summed E-state index contributed by atoms with van der Waals surface area (Å²) >= 11 is 0. The number of benzene rings is 1. The molecule has 1 N–H and O–H groups in total. The molecule has 0 unspecified atom stereocenters. The molecular weight excluding hydrogens is 194 g/mol. The van der Waals surface area contributed by atoms with Gasteiger partial charge in [-0.3, -0.25) is 15.0 Å². The summed E-state index contributed by atoms with van der Waals surface area (Å²) in [6, 6.07) is 5.26. The molecule has 0 saturated heterocycles. The van der Waals surface area contributed by atoms with Crippen LogP contribution in [0.2, 0.25) is 0 Å². The quantitative estimate of drug-likeness (QED) is 0.450. The van der Waals surface area contributed by atoms with E-state index in [2.05, 4.69) is 9.78 Å². The Hall–Kier alpha value is -2.31. The van der Waals surface area contributed by atoms with Crippen molar-refractivity contribution in [1.82, 2.24) is 0 Å². The molecule has 0 heterocycles. The molecule has 0 atom stereocenters. The van der Waals surface area contributed by atoms with E-state index >= 15 is 0 Å². The summed E-state index contributed by atoms with van der Waals surface area (Å²) < 4.78 is 0. The topological polar surface area (TPSA) is 98.9 Å². The zero-order valence-corrected chi connectivity index (χ0v) is 6.75. The molecule has 1 rings (SSSR count). The van der Waals surface area contributed by atoms with Crippen LogP contribution in [0, 0.1) is 10.1 Å². The Kier molecular flexibility index (Phi) is 2.85. The monoisotopic (exact) mass is 199 g/mol. The zero-order chi connectivity index (χ0) is 10.6. The molecule has 14 heavy (non-hydrogen) atoms. The fourth-order valence-corrected chi connectivity index (χ4v) is 0.759. The van der Waals surface area contributed by atoms with Crippen molar-refractivity contribution < 1.29 is 24.6 Å². The molecule has 1 aromatic carbocycles. The smallest absolute Gasteiger partial charge is 0.447 e. The van der Waals surface area contributed by atoms with Crippen LogP contribution in [-0.2, 0) is 4.89 Å². The molecule has 0 aliphatic carbocycles. The Morgan fingerprint density at radius 3 is 2.64 bits per heavy atom. The second-order valence-corrected chi connectivity index (χ2v) is 2.16. The standard InChI is InChI=1S/C7H5NO6/c9-7(10)14-13-6-4-2-1-3-5(6)8(11)12/h1-4H,(H,9,10). The highest BCUT2D eigenvalue weighted by Crippen LogP contribution is 2.25. The van der Waals surface area contributed by atoms with Gasteiger partial charge < -0.3 is 5.11 Å². The van der Waals surface area contributed by atoms with E-state index in [9.17, 15) is 14.9 Å². The Morgan fingerprint density at radius 2 is 2.07 bits per heavy atom. The van der Waals surface area contributed by atoms with Gasteiger partial charge in [-0.25, -0.2) is 9.68 Å². The number of nitro groups is 1. The van der Waals surface area contributed by atoms with Gasteiger partial charge in [0.2, 0.25) is 0 Å². The summed E-state index contributed by atoms with van der Waals surface area (Å²) in [7, 11) is 0. The van der Waals surface area contributed by atoms with Crippen LogP contribution in [-0.4, -0.2) is 16.2 Å². The molecule has 0 fully saturated rings. The Labute approximate surface area is 77.6 Å². The SMILES string of the molecule is O=C(O)OOc1ccccc1[N+](=O)[O-]. The van der Waals surface area contributed by atoms with Gasteiger partial charge in [0.15, 0.2) is 0 Å². The summed E-state index contributed by atoms with van der Waals surface area (Å²) in [4.78, 5) is 27.6. The van der Waals surface area contributed by atoms with Crippen molar-refractivity contribution in [3.63, 3.8) is 0 Å². The number of hydrogen-bond donors (Lipinski definition) is 1. The molecule has 0 bridgehead atoms. The van der Waals surface area contributed by atoms with Crippen molar-refractivity contribution in [3.8, 4) is 5.75 Å². The van der Waals surface area contributed by atoms with Gasteiger partial charge in [0, 0.05) is 6.07 Å². The second kappa shape index (κ2) is 4.08. The van der Waals surface area contributed by atoms with E-state index in [1.807, 2.05) is 0 Å². The van der Waals surface area contributed by atoms with Crippen molar-refractivity contribution in [1.29, 1.82) is 0 Å². The van der Waals surface area contributed by atoms with E-state index in [0.29, 0.717) is 0 Å². The van der Waals surface area contributed by atoms with Crippen LogP contribution in [0.5, 0.6) is 5.75 Å². The van der Waals surface area contributed by atoms with Crippen molar-refractivity contribution in [3.05, 3.63) is 34.4 Å². The van der Waals surface area contributed by atoms with E-state index in [1.165, 1.54) is 24.3 Å². The molecule has 0 aliphatic heterocycles. The lowest BCUT2D eigenvalue weighted by atomic mass is 10.3. The highest BCUT2D eigenvalue weighted by Gasteiger charge is 2.15. The third kappa shape index (κ3) is 2.34. The Balaban J connectivity index is 2.84. The fourth-order valence-electron chi connectivity index (χ4n) is 0.759. The summed E-state index contributed by atoms with van der Waals surface area (Å²) in [5.74, 6) is -0.264. The maximum Gasteiger partial charge on any atom is 0.547 e. The van der Waals surface area contributed by atoms with Gasteiger partial charge in [0.1, 0.15) is 0 Å². The molecule has 74 valence electrons. The van der Waals surface area contributed by atoms with Crippen LogP contribution in [0.4, 0.5) is 10.5 Å². The summed E-state index contributed by atoms with van der Waals surface area (Å²) in [5, 5.41) is 18.5. The van der Waals surface area contributed by atoms with Crippen LogP contribution in [0.1, 0.15) is 0 Å². The molecule has 0 aliphatic rings. The van der Waals surface area contributed by atoms with Gasteiger partial charge in [-0.1, -0.05) is 12.1 Å². The fraction of sp³-hybridized carbons (Fsp3) is 0. The number of nitrogens with zero attached hydrogens (tertiary/aromatic N) is 1. The lowest BCUT2D eigenvalue weighted by Crippen LogP contribution is -2.05. The van der Waals surface area contributed by atoms with Crippen molar-refractivity contribution >= 4 is 11.8 Å². The number of nitro benzene ring substituents is 1. The third-order valence-corrected chi connectivity index (χ3v) is 1.26.